The number of nitrogens with one attached hydrogen (secondary N) is 2. The van der Waals surface area contributed by atoms with Crippen LogP contribution < -0.4 is 10.6 Å². The molecule has 0 saturated heterocycles. The molecule has 22 heavy (non-hydrogen) atoms. The molecule has 0 fully saturated rings. The molecule has 1 unspecified atom stereocenters. The summed E-state index contributed by atoms with van der Waals surface area (Å²) < 4.78 is 17.8. The summed E-state index contributed by atoms with van der Waals surface area (Å²) in [6.07, 6.45) is -0.286. The summed E-state index contributed by atoms with van der Waals surface area (Å²) in [7, 11) is 0. The third kappa shape index (κ3) is 3.82. The second-order valence-corrected chi connectivity index (χ2v) is 4.82. The summed E-state index contributed by atoms with van der Waals surface area (Å²) in [6.45, 7) is 3.61. The number of halogens is 1. The Labute approximate surface area is 127 Å². The van der Waals surface area contributed by atoms with Gasteiger partial charge in [-0.25, -0.2) is 9.18 Å². The fourth-order valence-electron chi connectivity index (χ4n) is 1.97. The minimum Gasteiger partial charge on any atom is -0.387 e. The van der Waals surface area contributed by atoms with Crippen LogP contribution >= 0.6 is 0 Å². The van der Waals surface area contributed by atoms with E-state index in [2.05, 4.69) is 15.8 Å². The third-order valence-corrected chi connectivity index (χ3v) is 3.22. The molecule has 3 N–H and O–H groups in total. The number of aliphatic hydroxyl groups excluding tert-OH is 1. The Kier molecular flexibility index (Phi) is 5.11. The second kappa shape index (κ2) is 7.04. The number of hydrogen-bond acceptors (Lipinski definition) is 4. The van der Waals surface area contributed by atoms with Crippen LogP contribution in [0.5, 0.6) is 0 Å². The van der Waals surface area contributed by atoms with E-state index in [1.807, 2.05) is 6.92 Å². The first kappa shape index (κ1) is 16.0. The standard InChI is InChI=1S/C15H18FN3O3/c1-3-12-14(9(2)22-19-12)18-15(21)17-8-13(20)10-4-6-11(16)7-5-10/h4-7,13,20H,3,8H2,1-2H3,(H2,17,18,21). The normalized spacial score (nSPS) is 12.0. The minimum absolute atomic E-state index is 0.00323. The zero-order chi connectivity index (χ0) is 16.1. The van der Waals surface area contributed by atoms with E-state index in [0.29, 0.717) is 29.1 Å². The molecule has 0 radical (unpaired) electrons. The predicted molar refractivity (Wildman–Crippen MR) is 79.0 cm³/mol. The number of anilines is 1. The van der Waals surface area contributed by atoms with Gasteiger partial charge in [-0.15, -0.1) is 0 Å². The van der Waals surface area contributed by atoms with Crippen LogP contribution in [0, 0.1) is 12.7 Å². The van der Waals surface area contributed by atoms with Crippen molar-refractivity contribution in [1.29, 1.82) is 0 Å². The van der Waals surface area contributed by atoms with Crippen molar-refractivity contribution < 1.29 is 18.8 Å². The molecule has 0 aliphatic carbocycles. The number of nitrogens with zero attached hydrogens (tertiary/aromatic N) is 1. The maximum atomic E-state index is 12.8. The lowest BCUT2D eigenvalue weighted by Crippen LogP contribution is -2.32. The smallest absolute Gasteiger partial charge is 0.319 e. The number of rotatable bonds is 5. The molecule has 0 saturated carbocycles. The molecule has 0 aliphatic rings. The highest BCUT2D eigenvalue weighted by Gasteiger charge is 2.15. The molecule has 6 nitrogen and oxygen atoms in total. The number of hydrogen-bond donors (Lipinski definition) is 3. The molecule has 118 valence electrons. The van der Waals surface area contributed by atoms with Crippen molar-refractivity contribution in [2.45, 2.75) is 26.4 Å². The van der Waals surface area contributed by atoms with Crippen LogP contribution in [0.3, 0.4) is 0 Å². The molecular formula is C15H18FN3O3. The number of benzene rings is 1. The fraction of sp³-hybridized carbons (Fsp3) is 0.333. The van der Waals surface area contributed by atoms with Gasteiger partial charge in [0.25, 0.3) is 0 Å². The van der Waals surface area contributed by atoms with Gasteiger partial charge in [0.05, 0.1) is 6.10 Å². The number of aliphatic hydroxyl groups is 1. The lowest BCUT2D eigenvalue weighted by Gasteiger charge is -2.13. The quantitative estimate of drug-likeness (QED) is 0.792. The van der Waals surface area contributed by atoms with Gasteiger partial charge in [0.1, 0.15) is 17.2 Å². The zero-order valence-corrected chi connectivity index (χ0v) is 12.4. The number of carbonyl (C=O) groups is 1. The second-order valence-electron chi connectivity index (χ2n) is 4.82. The first-order valence-electron chi connectivity index (χ1n) is 6.94. The largest absolute Gasteiger partial charge is 0.387 e. The van der Waals surface area contributed by atoms with Gasteiger partial charge in [-0.05, 0) is 31.0 Å². The Balaban J connectivity index is 1.90. The molecule has 1 atom stereocenters. The maximum Gasteiger partial charge on any atom is 0.319 e. The van der Waals surface area contributed by atoms with Crippen molar-refractivity contribution >= 4 is 11.7 Å². The highest BCUT2D eigenvalue weighted by Crippen LogP contribution is 2.20. The highest BCUT2D eigenvalue weighted by atomic mass is 19.1. The van der Waals surface area contributed by atoms with Crippen molar-refractivity contribution in [2.75, 3.05) is 11.9 Å². The van der Waals surface area contributed by atoms with Gasteiger partial charge < -0.3 is 20.3 Å². The number of aromatic nitrogens is 1. The van der Waals surface area contributed by atoms with Gasteiger partial charge in [-0.1, -0.05) is 24.2 Å². The molecule has 1 heterocycles. The van der Waals surface area contributed by atoms with E-state index < -0.39 is 12.1 Å². The van der Waals surface area contributed by atoms with Gasteiger partial charge in [0.2, 0.25) is 0 Å². The van der Waals surface area contributed by atoms with Crippen LogP contribution in [-0.2, 0) is 6.42 Å². The molecule has 7 heteroatoms. The fourth-order valence-corrected chi connectivity index (χ4v) is 1.97. The van der Waals surface area contributed by atoms with E-state index in [4.69, 9.17) is 4.52 Å². The van der Waals surface area contributed by atoms with E-state index >= 15 is 0 Å². The lowest BCUT2D eigenvalue weighted by atomic mass is 10.1. The predicted octanol–water partition coefficient (Wildman–Crippen LogP) is 2.54. The minimum atomic E-state index is -0.916. The van der Waals surface area contributed by atoms with E-state index in [9.17, 15) is 14.3 Å². The van der Waals surface area contributed by atoms with Crippen LogP contribution in [0.4, 0.5) is 14.9 Å². The van der Waals surface area contributed by atoms with Crippen LogP contribution in [0.2, 0.25) is 0 Å². The number of aryl methyl sites for hydroxylation is 2. The summed E-state index contributed by atoms with van der Waals surface area (Å²) >= 11 is 0. The number of urea groups is 1. The topological polar surface area (TPSA) is 87.4 Å². The van der Waals surface area contributed by atoms with Gasteiger partial charge in [-0.2, -0.15) is 0 Å². The van der Waals surface area contributed by atoms with E-state index in [-0.39, 0.29) is 12.4 Å². The Morgan fingerprint density at radius 3 is 2.73 bits per heavy atom. The molecule has 2 amide bonds. The van der Waals surface area contributed by atoms with E-state index in [1.54, 1.807) is 6.92 Å². The van der Waals surface area contributed by atoms with Crippen molar-refractivity contribution in [1.82, 2.24) is 10.5 Å². The summed E-state index contributed by atoms with van der Waals surface area (Å²) in [5.74, 6) is 0.141. The molecule has 0 spiro atoms. The molecule has 0 bridgehead atoms. The molecule has 1 aromatic carbocycles. The van der Waals surface area contributed by atoms with Crippen molar-refractivity contribution in [3.05, 3.63) is 47.1 Å². The first-order chi connectivity index (χ1) is 10.5. The van der Waals surface area contributed by atoms with Crippen LogP contribution in [0.1, 0.15) is 30.0 Å². The Morgan fingerprint density at radius 2 is 2.09 bits per heavy atom. The highest BCUT2D eigenvalue weighted by molar-refractivity contribution is 5.90. The summed E-state index contributed by atoms with van der Waals surface area (Å²) in [5.41, 5.74) is 1.72. The molecule has 1 aromatic heterocycles. The molecule has 2 aromatic rings. The third-order valence-electron chi connectivity index (χ3n) is 3.22. The van der Waals surface area contributed by atoms with E-state index in [0.717, 1.165) is 0 Å². The Morgan fingerprint density at radius 1 is 1.41 bits per heavy atom. The molecular weight excluding hydrogens is 289 g/mol. The van der Waals surface area contributed by atoms with Crippen molar-refractivity contribution in [3.8, 4) is 0 Å². The Bertz CT molecular complexity index is 640. The van der Waals surface area contributed by atoms with Gasteiger partial charge in [0.15, 0.2) is 5.76 Å². The van der Waals surface area contributed by atoms with Gasteiger partial charge in [-0.3, -0.25) is 0 Å². The zero-order valence-electron chi connectivity index (χ0n) is 12.4. The molecule has 2 rings (SSSR count). The van der Waals surface area contributed by atoms with Gasteiger partial charge >= 0.3 is 6.03 Å². The van der Waals surface area contributed by atoms with Crippen molar-refractivity contribution in [3.63, 3.8) is 0 Å². The van der Waals surface area contributed by atoms with Gasteiger partial charge in [0, 0.05) is 6.54 Å². The maximum absolute atomic E-state index is 12.8. The van der Waals surface area contributed by atoms with Crippen LogP contribution in [-0.4, -0.2) is 22.8 Å². The Hall–Kier alpha value is -2.41. The molecule has 0 aliphatic heterocycles. The van der Waals surface area contributed by atoms with Crippen LogP contribution in [0.25, 0.3) is 0 Å². The monoisotopic (exact) mass is 307 g/mol. The van der Waals surface area contributed by atoms with Crippen molar-refractivity contribution in [2.24, 2.45) is 0 Å². The summed E-state index contributed by atoms with van der Waals surface area (Å²) in [5, 5.41) is 19.0. The van der Waals surface area contributed by atoms with Crippen LogP contribution in [0.15, 0.2) is 28.8 Å². The average Bonchev–Trinajstić information content (AvgIpc) is 2.86. The summed E-state index contributed by atoms with van der Waals surface area (Å²) in [6, 6.07) is 4.99. The average molecular weight is 307 g/mol. The number of amides is 2. The first-order valence-corrected chi connectivity index (χ1v) is 6.94. The lowest BCUT2D eigenvalue weighted by molar-refractivity contribution is 0.175. The van der Waals surface area contributed by atoms with E-state index in [1.165, 1.54) is 24.3 Å². The number of carbonyl (C=O) groups excluding carboxylic acids is 1. The summed E-state index contributed by atoms with van der Waals surface area (Å²) in [4.78, 5) is 11.9. The SMILES string of the molecule is CCc1noc(C)c1NC(=O)NCC(O)c1ccc(F)cc1.